The fourth-order valence-electron chi connectivity index (χ4n) is 2.01. The Morgan fingerprint density at radius 2 is 2.15 bits per heavy atom. The summed E-state index contributed by atoms with van der Waals surface area (Å²) in [5.41, 5.74) is 8.28. The number of ether oxygens (including phenoxy) is 1. The van der Waals surface area contributed by atoms with Crippen LogP contribution in [0.2, 0.25) is 0 Å². The van der Waals surface area contributed by atoms with Gasteiger partial charge in [0.15, 0.2) is 5.75 Å². The second kappa shape index (κ2) is 5.11. The Labute approximate surface area is 120 Å². The molecule has 2 aromatic carbocycles. The lowest BCUT2D eigenvalue weighted by Gasteiger charge is -2.09. The quantitative estimate of drug-likeness (QED) is 0.723. The van der Waals surface area contributed by atoms with Crippen LogP contribution in [0.5, 0.6) is 11.5 Å². The Balaban J connectivity index is 1.98. The molecule has 0 amide bonds. The normalized spacial score (nSPS) is 10.9. The molecule has 0 atom stereocenters. The van der Waals surface area contributed by atoms with Crippen molar-refractivity contribution in [1.82, 2.24) is 4.98 Å². The molecular formula is C15H14N2O2S. The average Bonchev–Trinajstić information content (AvgIpc) is 2.78. The smallest absolute Gasteiger partial charge is 0.152 e. The van der Waals surface area contributed by atoms with Crippen LogP contribution >= 0.6 is 11.3 Å². The maximum Gasteiger partial charge on any atom is 0.152 e. The first-order valence-electron chi connectivity index (χ1n) is 6.20. The number of hydrogen-bond acceptors (Lipinski definition) is 5. The van der Waals surface area contributed by atoms with Crippen LogP contribution in [0.1, 0.15) is 10.6 Å². The molecule has 0 fully saturated rings. The molecule has 0 saturated heterocycles. The van der Waals surface area contributed by atoms with E-state index in [9.17, 15) is 0 Å². The first-order valence-corrected chi connectivity index (χ1v) is 7.01. The highest BCUT2D eigenvalue weighted by Crippen LogP contribution is 2.34. The van der Waals surface area contributed by atoms with E-state index in [-0.39, 0.29) is 6.61 Å². The molecule has 0 bridgehead atoms. The lowest BCUT2D eigenvalue weighted by atomic mass is 10.2. The summed E-state index contributed by atoms with van der Waals surface area (Å²) >= 11 is 1.61. The fraction of sp³-hybridized carbons (Fsp3) is 0.133. The standard InChI is InChI=1S/C15H14N2O2S/c1-9-17-13-7-14(12(16)6-15(13)20-9)19-11-4-2-3-10(5-11)8-18/h2-7,18H,8,16H2,1H3. The summed E-state index contributed by atoms with van der Waals surface area (Å²) in [5, 5.41) is 10.1. The topological polar surface area (TPSA) is 68.4 Å². The van der Waals surface area contributed by atoms with E-state index in [0.717, 1.165) is 20.8 Å². The highest BCUT2D eigenvalue weighted by Gasteiger charge is 2.08. The van der Waals surface area contributed by atoms with Crippen molar-refractivity contribution >= 4 is 27.2 Å². The Morgan fingerprint density at radius 1 is 1.30 bits per heavy atom. The Hall–Kier alpha value is -2.11. The minimum absolute atomic E-state index is 0.0169. The van der Waals surface area contributed by atoms with Crippen LogP contribution in [0.3, 0.4) is 0 Å². The number of nitrogens with zero attached hydrogens (tertiary/aromatic N) is 1. The maximum absolute atomic E-state index is 9.14. The van der Waals surface area contributed by atoms with Gasteiger partial charge in [0, 0.05) is 6.07 Å². The van der Waals surface area contributed by atoms with Crippen molar-refractivity contribution in [3.05, 3.63) is 47.0 Å². The lowest BCUT2D eigenvalue weighted by molar-refractivity contribution is 0.281. The van der Waals surface area contributed by atoms with E-state index in [1.807, 2.05) is 37.3 Å². The van der Waals surface area contributed by atoms with Crippen LogP contribution in [0, 0.1) is 6.92 Å². The van der Waals surface area contributed by atoms with Crippen LogP contribution in [-0.4, -0.2) is 10.1 Å². The van der Waals surface area contributed by atoms with E-state index < -0.39 is 0 Å². The molecule has 1 heterocycles. The minimum Gasteiger partial charge on any atom is -0.455 e. The van der Waals surface area contributed by atoms with Gasteiger partial charge in [0.05, 0.1) is 27.5 Å². The Kier molecular flexibility index (Phi) is 3.30. The number of aliphatic hydroxyl groups is 1. The SMILES string of the molecule is Cc1nc2cc(Oc3cccc(CO)c3)c(N)cc2s1. The van der Waals surface area contributed by atoms with Gasteiger partial charge in [0.1, 0.15) is 5.75 Å². The molecule has 4 nitrogen and oxygen atoms in total. The number of nitrogens with two attached hydrogens (primary N) is 1. The van der Waals surface area contributed by atoms with Crippen molar-refractivity contribution in [3.63, 3.8) is 0 Å². The van der Waals surface area contributed by atoms with Gasteiger partial charge in [-0.1, -0.05) is 12.1 Å². The number of hydrogen-bond donors (Lipinski definition) is 2. The summed E-state index contributed by atoms with van der Waals surface area (Å²) in [6.45, 7) is 1.95. The van der Waals surface area contributed by atoms with Gasteiger partial charge >= 0.3 is 0 Å². The molecular weight excluding hydrogens is 272 g/mol. The highest BCUT2D eigenvalue weighted by atomic mass is 32.1. The monoisotopic (exact) mass is 286 g/mol. The Morgan fingerprint density at radius 3 is 2.95 bits per heavy atom. The summed E-state index contributed by atoms with van der Waals surface area (Å²) in [7, 11) is 0. The predicted molar refractivity (Wildman–Crippen MR) is 81.2 cm³/mol. The second-order valence-electron chi connectivity index (χ2n) is 4.50. The summed E-state index contributed by atoms with van der Waals surface area (Å²) in [6.07, 6.45) is 0. The summed E-state index contributed by atoms with van der Waals surface area (Å²) in [6, 6.07) is 11.0. The number of aryl methyl sites for hydroxylation is 1. The zero-order valence-corrected chi connectivity index (χ0v) is 11.8. The zero-order chi connectivity index (χ0) is 14.1. The Bertz CT molecular complexity index is 768. The third-order valence-corrected chi connectivity index (χ3v) is 3.87. The molecule has 3 rings (SSSR count). The summed E-state index contributed by atoms with van der Waals surface area (Å²) in [4.78, 5) is 4.43. The third-order valence-electron chi connectivity index (χ3n) is 2.94. The molecule has 0 spiro atoms. The number of nitrogen functional groups attached to an aromatic ring is 1. The van der Waals surface area contributed by atoms with Crippen LogP contribution < -0.4 is 10.5 Å². The summed E-state index contributed by atoms with van der Waals surface area (Å²) in [5.74, 6) is 1.23. The molecule has 0 radical (unpaired) electrons. The van der Waals surface area contributed by atoms with Crippen LogP contribution in [-0.2, 0) is 6.61 Å². The number of aromatic nitrogens is 1. The van der Waals surface area contributed by atoms with E-state index in [4.69, 9.17) is 15.6 Å². The number of fused-ring (bicyclic) bond motifs is 1. The van der Waals surface area contributed by atoms with Crippen molar-refractivity contribution in [2.24, 2.45) is 0 Å². The zero-order valence-electron chi connectivity index (χ0n) is 11.0. The minimum atomic E-state index is -0.0169. The van der Waals surface area contributed by atoms with Crippen molar-refractivity contribution in [2.75, 3.05) is 5.73 Å². The first kappa shape index (κ1) is 12.9. The number of rotatable bonds is 3. The van der Waals surface area contributed by atoms with Crippen LogP contribution in [0.4, 0.5) is 5.69 Å². The van der Waals surface area contributed by atoms with E-state index in [1.54, 1.807) is 17.4 Å². The molecule has 102 valence electrons. The number of aliphatic hydroxyl groups excluding tert-OH is 1. The molecule has 3 N–H and O–H groups in total. The molecule has 3 aromatic rings. The van der Waals surface area contributed by atoms with Crippen molar-refractivity contribution < 1.29 is 9.84 Å². The van der Waals surface area contributed by atoms with E-state index in [2.05, 4.69) is 4.98 Å². The molecule has 20 heavy (non-hydrogen) atoms. The van der Waals surface area contributed by atoms with Crippen LogP contribution in [0.15, 0.2) is 36.4 Å². The van der Waals surface area contributed by atoms with Gasteiger partial charge in [-0.15, -0.1) is 11.3 Å². The molecule has 5 heteroatoms. The molecule has 1 aromatic heterocycles. The molecule has 0 unspecified atom stereocenters. The van der Waals surface area contributed by atoms with E-state index in [1.165, 1.54) is 0 Å². The van der Waals surface area contributed by atoms with Gasteiger partial charge in [-0.3, -0.25) is 0 Å². The maximum atomic E-state index is 9.14. The molecule has 0 aliphatic carbocycles. The van der Waals surface area contributed by atoms with Crippen molar-refractivity contribution in [1.29, 1.82) is 0 Å². The largest absolute Gasteiger partial charge is 0.455 e. The molecule has 0 aliphatic heterocycles. The van der Waals surface area contributed by atoms with Gasteiger partial charge in [-0.25, -0.2) is 4.98 Å². The van der Waals surface area contributed by atoms with E-state index >= 15 is 0 Å². The van der Waals surface area contributed by atoms with Crippen LogP contribution in [0.25, 0.3) is 10.2 Å². The molecule has 0 saturated carbocycles. The highest BCUT2D eigenvalue weighted by molar-refractivity contribution is 7.18. The number of anilines is 1. The first-order chi connectivity index (χ1) is 9.65. The average molecular weight is 286 g/mol. The predicted octanol–water partition coefficient (Wildman–Crippen LogP) is 3.47. The van der Waals surface area contributed by atoms with Gasteiger partial charge in [-0.2, -0.15) is 0 Å². The van der Waals surface area contributed by atoms with Crippen molar-refractivity contribution in [3.8, 4) is 11.5 Å². The fourth-order valence-corrected chi connectivity index (χ4v) is 2.87. The van der Waals surface area contributed by atoms with Gasteiger partial charge in [-0.05, 0) is 30.7 Å². The lowest BCUT2D eigenvalue weighted by Crippen LogP contribution is -1.93. The number of benzene rings is 2. The van der Waals surface area contributed by atoms with E-state index in [0.29, 0.717) is 17.2 Å². The van der Waals surface area contributed by atoms with Crippen molar-refractivity contribution in [2.45, 2.75) is 13.5 Å². The summed E-state index contributed by atoms with van der Waals surface area (Å²) < 4.78 is 6.85. The number of thiazole rings is 1. The third kappa shape index (κ3) is 2.45. The van der Waals surface area contributed by atoms with Gasteiger partial charge in [0.25, 0.3) is 0 Å². The molecule has 0 aliphatic rings. The second-order valence-corrected chi connectivity index (χ2v) is 5.73. The van der Waals surface area contributed by atoms with Gasteiger partial charge < -0.3 is 15.6 Å². The van der Waals surface area contributed by atoms with Gasteiger partial charge in [0.2, 0.25) is 0 Å².